The van der Waals surface area contributed by atoms with Crippen molar-refractivity contribution in [3.05, 3.63) is 42.1 Å². The van der Waals surface area contributed by atoms with E-state index in [9.17, 15) is 0 Å². The van der Waals surface area contributed by atoms with Crippen molar-refractivity contribution in [1.29, 1.82) is 0 Å². The number of rotatable bonds is 15. The minimum absolute atomic E-state index is 0.429. The van der Waals surface area contributed by atoms with Gasteiger partial charge in [-0.15, -0.1) is 0 Å². The molecule has 1 aliphatic heterocycles. The van der Waals surface area contributed by atoms with Crippen LogP contribution >= 0.6 is 0 Å². The standard InChI is InChI=1S/C25H39N2/c1-3-4-5-6-7-8-9-10-11-15-18-24(21-23-16-13-12-14-17-23)22(2)25-26-19-20-27-25/h12-14,16-17,19-20,22,24H,3-11,15,18,21H2,1-2H3/q+1. The molecule has 1 aliphatic rings. The van der Waals surface area contributed by atoms with Gasteiger partial charge in [0, 0.05) is 0 Å². The first-order chi connectivity index (χ1) is 13.3. The van der Waals surface area contributed by atoms with Crippen LogP contribution < -0.4 is 0 Å². The molecule has 1 aromatic rings. The van der Waals surface area contributed by atoms with E-state index in [1.165, 1.54) is 76.2 Å². The highest BCUT2D eigenvalue weighted by Crippen LogP contribution is 2.32. The van der Waals surface area contributed by atoms with E-state index >= 15 is 0 Å². The molecule has 0 radical (unpaired) electrons. The van der Waals surface area contributed by atoms with Crippen LogP contribution in [-0.4, -0.2) is 12.4 Å². The predicted molar refractivity (Wildman–Crippen MR) is 119 cm³/mol. The third kappa shape index (κ3) is 8.77. The fraction of sp³-hybridized carbons (Fsp3) is 0.640. The largest absolute Gasteiger partial charge is 0.243 e. The zero-order chi connectivity index (χ0) is 19.2. The van der Waals surface area contributed by atoms with Crippen LogP contribution in [0, 0.1) is 18.0 Å². The van der Waals surface area contributed by atoms with Gasteiger partial charge in [0.25, 0.3) is 0 Å². The van der Waals surface area contributed by atoms with Crippen LogP contribution in [0.5, 0.6) is 0 Å². The summed E-state index contributed by atoms with van der Waals surface area (Å²) < 4.78 is 0. The molecule has 1 heterocycles. The Hall–Kier alpha value is -1.57. The lowest BCUT2D eigenvalue weighted by atomic mass is 9.82. The Balaban J connectivity index is 1.67. The van der Waals surface area contributed by atoms with Gasteiger partial charge in [0.15, 0.2) is 12.4 Å². The average molecular weight is 368 g/mol. The fourth-order valence-corrected chi connectivity index (χ4v) is 4.04. The van der Waals surface area contributed by atoms with E-state index in [2.05, 4.69) is 54.2 Å². The van der Waals surface area contributed by atoms with Gasteiger partial charge in [-0.1, -0.05) is 111 Å². The predicted octanol–water partition coefficient (Wildman–Crippen LogP) is 7.44. The number of benzene rings is 1. The minimum Gasteiger partial charge on any atom is -0.0965 e. The SMILES string of the molecule is CCCCCCCCCCCCC(Cc1ccccc1)C(C)[C+]1N=CC=N1. The molecule has 27 heavy (non-hydrogen) atoms. The van der Waals surface area contributed by atoms with Crippen molar-refractivity contribution in [2.45, 2.75) is 90.9 Å². The van der Waals surface area contributed by atoms with Crippen molar-refractivity contribution in [3.63, 3.8) is 0 Å². The third-order valence-corrected chi connectivity index (χ3v) is 5.86. The zero-order valence-corrected chi connectivity index (χ0v) is 17.6. The summed E-state index contributed by atoms with van der Waals surface area (Å²) in [5, 5.41) is 0. The van der Waals surface area contributed by atoms with Crippen LogP contribution in [0.4, 0.5) is 0 Å². The third-order valence-electron chi connectivity index (χ3n) is 5.86. The molecule has 0 fully saturated rings. The first-order valence-corrected chi connectivity index (χ1v) is 11.3. The van der Waals surface area contributed by atoms with Gasteiger partial charge in [0.2, 0.25) is 6.17 Å². The van der Waals surface area contributed by atoms with E-state index < -0.39 is 0 Å². The lowest BCUT2D eigenvalue weighted by Crippen LogP contribution is -2.19. The van der Waals surface area contributed by atoms with E-state index in [1.54, 1.807) is 0 Å². The van der Waals surface area contributed by atoms with Gasteiger partial charge >= 0.3 is 0 Å². The molecule has 2 unspecified atom stereocenters. The Labute approximate surface area is 167 Å². The molecule has 2 heteroatoms. The number of unbranched alkanes of at least 4 members (excludes halogenated alkanes) is 9. The first kappa shape index (κ1) is 21.7. The van der Waals surface area contributed by atoms with Crippen LogP contribution in [-0.2, 0) is 6.42 Å². The average Bonchev–Trinajstić information content (AvgIpc) is 3.23. The molecule has 0 saturated heterocycles. The Morgan fingerprint density at radius 2 is 1.33 bits per heavy atom. The maximum atomic E-state index is 4.47. The Kier molecular flexibility index (Phi) is 10.9. The van der Waals surface area contributed by atoms with Crippen molar-refractivity contribution >= 4 is 12.4 Å². The van der Waals surface area contributed by atoms with Gasteiger partial charge in [0.05, 0.1) is 5.92 Å². The molecule has 0 N–H and O–H groups in total. The van der Waals surface area contributed by atoms with Crippen LogP contribution in [0.1, 0.15) is 90.0 Å². The fourth-order valence-electron chi connectivity index (χ4n) is 4.04. The summed E-state index contributed by atoms with van der Waals surface area (Å²) in [6.07, 6.45) is 21.1. The Morgan fingerprint density at radius 3 is 1.93 bits per heavy atom. The summed E-state index contributed by atoms with van der Waals surface area (Å²) in [4.78, 5) is 8.93. The molecule has 2 rings (SSSR count). The molecule has 0 spiro atoms. The van der Waals surface area contributed by atoms with Crippen LogP contribution in [0.2, 0.25) is 0 Å². The number of hydrogen-bond donors (Lipinski definition) is 0. The second-order valence-corrected chi connectivity index (χ2v) is 8.12. The smallest absolute Gasteiger partial charge is 0.0965 e. The number of hydrogen-bond acceptors (Lipinski definition) is 2. The molecule has 0 aliphatic carbocycles. The van der Waals surface area contributed by atoms with Crippen LogP contribution in [0.3, 0.4) is 0 Å². The summed E-state index contributed by atoms with van der Waals surface area (Å²) >= 11 is 0. The Bertz CT molecular complexity index is 523. The zero-order valence-electron chi connectivity index (χ0n) is 17.6. The van der Waals surface area contributed by atoms with Crippen molar-refractivity contribution in [1.82, 2.24) is 0 Å². The number of aliphatic imine (C=N–C) groups is 2. The summed E-state index contributed by atoms with van der Waals surface area (Å²) in [5.41, 5.74) is 1.44. The molecule has 148 valence electrons. The van der Waals surface area contributed by atoms with E-state index in [4.69, 9.17) is 0 Å². The summed E-state index contributed by atoms with van der Waals surface area (Å²) in [6, 6.07) is 10.9. The summed E-state index contributed by atoms with van der Waals surface area (Å²) in [6.45, 7) is 4.59. The van der Waals surface area contributed by atoms with Crippen molar-refractivity contribution in [2.75, 3.05) is 0 Å². The highest BCUT2D eigenvalue weighted by molar-refractivity contribution is 6.18. The maximum absolute atomic E-state index is 4.47. The molecule has 0 aromatic heterocycles. The quantitative estimate of drug-likeness (QED) is 0.227. The first-order valence-electron chi connectivity index (χ1n) is 11.3. The van der Waals surface area contributed by atoms with Gasteiger partial charge in [-0.25, -0.2) is 0 Å². The van der Waals surface area contributed by atoms with Crippen molar-refractivity contribution in [3.8, 4) is 0 Å². The minimum atomic E-state index is 0.429. The lowest BCUT2D eigenvalue weighted by molar-refractivity contribution is 0.328. The van der Waals surface area contributed by atoms with Crippen molar-refractivity contribution in [2.24, 2.45) is 21.8 Å². The molecular weight excluding hydrogens is 328 g/mol. The molecule has 2 nitrogen and oxygen atoms in total. The topological polar surface area (TPSA) is 24.7 Å². The highest BCUT2D eigenvalue weighted by Gasteiger charge is 2.31. The second kappa shape index (κ2) is 13.6. The van der Waals surface area contributed by atoms with Crippen LogP contribution in [0.15, 0.2) is 40.3 Å². The maximum Gasteiger partial charge on any atom is 0.243 e. The molecule has 1 aromatic carbocycles. The van der Waals surface area contributed by atoms with Crippen molar-refractivity contribution < 1.29 is 0 Å². The number of nitrogens with zero attached hydrogens (tertiary/aromatic N) is 2. The second-order valence-electron chi connectivity index (χ2n) is 8.12. The van der Waals surface area contributed by atoms with Gasteiger partial charge in [0.1, 0.15) is 0 Å². The Morgan fingerprint density at radius 1 is 0.778 bits per heavy atom. The molecule has 0 saturated carbocycles. The van der Waals surface area contributed by atoms with Gasteiger partial charge in [-0.2, -0.15) is 0 Å². The molecule has 0 bridgehead atoms. The molecular formula is C25H39N2+. The van der Waals surface area contributed by atoms with Gasteiger partial charge < -0.3 is 0 Å². The molecule has 0 amide bonds. The highest BCUT2D eigenvalue weighted by atomic mass is 15.0. The van der Waals surface area contributed by atoms with Crippen LogP contribution in [0.25, 0.3) is 0 Å². The van der Waals surface area contributed by atoms with E-state index in [0.29, 0.717) is 11.8 Å². The summed E-state index contributed by atoms with van der Waals surface area (Å²) in [7, 11) is 0. The lowest BCUT2D eigenvalue weighted by Gasteiger charge is -2.22. The van der Waals surface area contributed by atoms with E-state index in [1.807, 2.05) is 12.4 Å². The monoisotopic (exact) mass is 367 g/mol. The van der Waals surface area contributed by atoms with Gasteiger partial charge in [-0.3, -0.25) is 0 Å². The van der Waals surface area contributed by atoms with E-state index in [-0.39, 0.29) is 0 Å². The molecule has 2 atom stereocenters. The van der Waals surface area contributed by atoms with E-state index in [0.717, 1.165) is 12.6 Å². The normalized spacial score (nSPS) is 15.4. The van der Waals surface area contributed by atoms with Gasteiger partial charge in [-0.05, 0) is 31.2 Å². The summed E-state index contributed by atoms with van der Waals surface area (Å²) in [5.74, 6) is 1.06.